The van der Waals surface area contributed by atoms with Crippen molar-refractivity contribution in [2.75, 3.05) is 5.01 Å². The van der Waals surface area contributed by atoms with Crippen LogP contribution in [0.2, 0.25) is 0 Å². The van der Waals surface area contributed by atoms with E-state index in [1.807, 2.05) is 18.2 Å². The Kier molecular flexibility index (Phi) is 2.63. The van der Waals surface area contributed by atoms with E-state index in [2.05, 4.69) is 40.5 Å². The number of nitrogens with zero attached hydrogens (tertiary/aromatic N) is 2. The van der Waals surface area contributed by atoms with Crippen LogP contribution in [-0.2, 0) is 0 Å². The monoisotopic (exact) mass is 301 g/mol. The first-order valence-corrected chi connectivity index (χ1v) is 7.91. The van der Waals surface area contributed by atoms with Gasteiger partial charge in [-0.25, -0.2) is 5.43 Å². The number of aromatic nitrogens is 1. The Balaban J connectivity index is 1.92. The van der Waals surface area contributed by atoms with Gasteiger partial charge in [-0.05, 0) is 25.1 Å². The number of para-hydroxylation sites is 1. The first kappa shape index (κ1) is 12.0. The first-order valence-electron chi connectivity index (χ1n) is 6.28. The number of hydrogen-bond acceptors (Lipinski definition) is 6. The average Bonchev–Trinajstić information content (AvgIpc) is 2.97. The number of benzene rings is 1. The zero-order valence-corrected chi connectivity index (χ0v) is 12.3. The normalized spacial score (nSPS) is 17.6. The lowest BCUT2D eigenvalue weighted by Gasteiger charge is -2.19. The molecule has 4 nitrogen and oxygen atoms in total. The summed E-state index contributed by atoms with van der Waals surface area (Å²) >= 11 is 2.78. The number of thiazole rings is 1. The molecule has 0 amide bonds. The van der Waals surface area contributed by atoms with Crippen molar-refractivity contribution in [2.24, 2.45) is 0 Å². The van der Waals surface area contributed by atoms with E-state index in [-0.39, 0.29) is 10.9 Å². The lowest BCUT2D eigenvalue weighted by atomic mass is 10.2. The van der Waals surface area contributed by atoms with Gasteiger partial charge >= 0.3 is 4.87 Å². The van der Waals surface area contributed by atoms with E-state index in [4.69, 9.17) is 0 Å². The minimum Gasteiger partial charge on any atom is -0.266 e. The summed E-state index contributed by atoms with van der Waals surface area (Å²) < 4.78 is 0. The zero-order chi connectivity index (χ0) is 13.7. The SMILES string of the molecule is CC1NN(c2ccccc2)c2sc3nc(=O)sc-3cc21. The number of nitrogens with one attached hydrogen (secondary N) is 1. The van der Waals surface area contributed by atoms with E-state index in [1.165, 1.54) is 16.9 Å². The van der Waals surface area contributed by atoms with Gasteiger partial charge in [0.05, 0.1) is 16.6 Å². The predicted octanol–water partition coefficient (Wildman–Crippen LogP) is 3.39. The highest BCUT2D eigenvalue weighted by atomic mass is 32.1. The van der Waals surface area contributed by atoms with Crippen molar-refractivity contribution < 1.29 is 0 Å². The van der Waals surface area contributed by atoms with Crippen LogP contribution in [0, 0.1) is 0 Å². The van der Waals surface area contributed by atoms with Crippen LogP contribution in [-0.4, -0.2) is 4.98 Å². The van der Waals surface area contributed by atoms with Gasteiger partial charge in [-0.1, -0.05) is 40.9 Å². The summed E-state index contributed by atoms with van der Waals surface area (Å²) in [4.78, 5) is 16.4. The highest BCUT2D eigenvalue weighted by molar-refractivity contribution is 7.23. The lowest BCUT2D eigenvalue weighted by Crippen LogP contribution is -2.28. The molecule has 0 fully saturated rings. The van der Waals surface area contributed by atoms with Gasteiger partial charge in [-0.2, -0.15) is 4.98 Å². The fourth-order valence-corrected chi connectivity index (χ4v) is 4.42. The zero-order valence-electron chi connectivity index (χ0n) is 10.7. The Bertz CT molecular complexity index is 796. The highest BCUT2D eigenvalue weighted by Gasteiger charge is 2.29. The molecular formula is C14H11N3OS2. The maximum atomic E-state index is 11.4. The van der Waals surface area contributed by atoms with Crippen LogP contribution in [0.15, 0.2) is 41.2 Å². The van der Waals surface area contributed by atoms with Gasteiger partial charge in [0.1, 0.15) is 10.0 Å². The van der Waals surface area contributed by atoms with Crippen molar-refractivity contribution in [3.05, 3.63) is 51.6 Å². The third-order valence-electron chi connectivity index (χ3n) is 3.33. The van der Waals surface area contributed by atoms with E-state index in [0.29, 0.717) is 0 Å². The Hall–Kier alpha value is -1.76. The van der Waals surface area contributed by atoms with Crippen molar-refractivity contribution in [1.29, 1.82) is 0 Å². The fourth-order valence-electron chi connectivity index (χ4n) is 2.39. The van der Waals surface area contributed by atoms with Crippen LogP contribution >= 0.6 is 22.7 Å². The Morgan fingerprint density at radius 1 is 1.25 bits per heavy atom. The molecule has 20 heavy (non-hydrogen) atoms. The molecule has 1 aromatic carbocycles. The van der Waals surface area contributed by atoms with E-state index in [1.54, 1.807) is 11.3 Å². The van der Waals surface area contributed by atoms with E-state index in [0.717, 1.165) is 20.6 Å². The molecule has 0 saturated heterocycles. The summed E-state index contributed by atoms with van der Waals surface area (Å²) in [5, 5.41) is 4.01. The molecule has 3 heterocycles. The largest absolute Gasteiger partial charge is 0.328 e. The average molecular weight is 301 g/mol. The predicted molar refractivity (Wildman–Crippen MR) is 83.0 cm³/mol. The second kappa shape index (κ2) is 4.37. The molecule has 1 N–H and O–H groups in total. The second-order valence-corrected chi connectivity index (χ2v) is 6.65. The molecule has 0 aromatic heterocycles. The van der Waals surface area contributed by atoms with E-state index >= 15 is 0 Å². The minimum atomic E-state index is -0.119. The molecule has 0 radical (unpaired) electrons. The summed E-state index contributed by atoms with van der Waals surface area (Å²) in [6.07, 6.45) is 0. The van der Waals surface area contributed by atoms with Gasteiger partial charge in [0, 0.05) is 5.56 Å². The smallest absolute Gasteiger partial charge is 0.266 e. The Morgan fingerprint density at radius 3 is 2.85 bits per heavy atom. The van der Waals surface area contributed by atoms with Gasteiger partial charge in [-0.15, -0.1) is 0 Å². The van der Waals surface area contributed by atoms with Crippen molar-refractivity contribution in [3.8, 4) is 9.88 Å². The number of fused-ring (bicyclic) bond motifs is 2. The molecule has 1 atom stereocenters. The summed E-state index contributed by atoms with van der Waals surface area (Å²) in [6, 6.07) is 12.5. The number of anilines is 2. The Labute approximate surface area is 123 Å². The number of hydrazine groups is 1. The highest BCUT2D eigenvalue weighted by Crippen LogP contribution is 2.45. The molecule has 0 saturated carbocycles. The molecule has 100 valence electrons. The molecular weight excluding hydrogens is 290 g/mol. The van der Waals surface area contributed by atoms with Crippen molar-refractivity contribution >= 4 is 33.4 Å². The first-order chi connectivity index (χ1) is 9.72. The molecule has 6 heteroatoms. The molecule has 1 aromatic rings. The van der Waals surface area contributed by atoms with Gasteiger partial charge < -0.3 is 0 Å². The molecule has 4 rings (SSSR count). The molecule has 3 aliphatic heterocycles. The Morgan fingerprint density at radius 2 is 2.05 bits per heavy atom. The minimum absolute atomic E-state index is 0.119. The molecule has 3 aliphatic rings. The van der Waals surface area contributed by atoms with Gasteiger partial charge in [-0.3, -0.25) is 9.80 Å². The van der Waals surface area contributed by atoms with E-state index < -0.39 is 0 Å². The quantitative estimate of drug-likeness (QED) is 0.748. The van der Waals surface area contributed by atoms with Crippen molar-refractivity contribution in [2.45, 2.75) is 13.0 Å². The second-order valence-electron chi connectivity index (χ2n) is 4.68. The van der Waals surface area contributed by atoms with Crippen LogP contribution < -0.4 is 15.3 Å². The molecule has 0 aliphatic carbocycles. The maximum absolute atomic E-state index is 11.4. The number of hydrogen-bond donors (Lipinski definition) is 1. The molecule has 0 spiro atoms. The van der Waals surface area contributed by atoms with Crippen LogP contribution in [0.4, 0.5) is 10.7 Å². The maximum Gasteiger partial charge on any atom is 0.328 e. The van der Waals surface area contributed by atoms with Crippen LogP contribution in [0.25, 0.3) is 9.88 Å². The lowest BCUT2D eigenvalue weighted by molar-refractivity contribution is 0.635. The summed E-state index contributed by atoms with van der Waals surface area (Å²) in [6.45, 7) is 2.12. The summed E-state index contributed by atoms with van der Waals surface area (Å²) in [5.41, 5.74) is 5.76. The van der Waals surface area contributed by atoms with Gasteiger partial charge in [0.15, 0.2) is 0 Å². The van der Waals surface area contributed by atoms with Crippen LogP contribution in [0.5, 0.6) is 0 Å². The molecule has 0 bridgehead atoms. The van der Waals surface area contributed by atoms with Crippen molar-refractivity contribution in [3.63, 3.8) is 0 Å². The van der Waals surface area contributed by atoms with Crippen molar-refractivity contribution in [1.82, 2.24) is 10.4 Å². The van der Waals surface area contributed by atoms with Gasteiger partial charge in [0.25, 0.3) is 0 Å². The summed E-state index contributed by atoms with van der Waals surface area (Å²) in [7, 11) is 0. The molecule has 1 unspecified atom stereocenters. The van der Waals surface area contributed by atoms with E-state index in [9.17, 15) is 4.79 Å². The summed E-state index contributed by atoms with van der Waals surface area (Å²) in [5.74, 6) is 0. The van der Waals surface area contributed by atoms with Crippen LogP contribution in [0.1, 0.15) is 18.5 Å². The fraction of sp³-hybridized carbons (Fsp3) is 0.143. The third-order valence-corrected chi connectivity index (χ3v) is 5.38. The third kappa shape index (κ3) is 1.76. The van der Waals surface area contributed by atoms with Gasteiger partial charge in [0.2, 0.25) is 0 Å². The standard InChI is InChI=1S/C14H11N3OS2/c1-8-10-7-11-12(15-14(18)19-11)20-13(10)17(16-8)9-5-3-2-4-6-9/h2-8,16H,1H3. The number of rotatable bonds is 1. The van der Waals surface area contributed by atoms with Crippen LogP contribution in [0.3, 0.4) is 0 Å². The topological polar surface area (TPSA) is 45.2 Å².